The quantitative estimate of drug-likeness (QED) is 0.834. The Morgan fingerprint density at radius 2 is 1.86 bits per heavy atom. The van der Waals surface area contributed by atoms with Crippen molar-refractivity contribution in [2.24, 2.45) is 5.92 Å². The van der Waals surface area contributed by atoms with Gasteiger partial charge in [-0.05, 0) is 19.8 Å². The lowest BCUT2D eigenvalue weighted by Gasteiger charge is -2.32. The average molecular weight is 288 g/mol. The first kappa shape index (κ1) is 14.3. The number of anilines is 1. The molecule has 1 amide bonds. The van der Waals surface area contributed by atoms with Crippen molar-refractivity contribution in [3.63, 3.8) is 0 Å². The fraction of sp³-hybridized carbons (Fsp3) is 0.688. The molecule has 3 heterocycles. The van der Waals surface area contributed by atoms with Crippen LogP contribution in [0.5, 0.6) is 0 Å². The molecular formula is C16H24N4O. The second-order valence-electron chi connectivity index (χ2n) is 6.38. The molecule has 1 aromatic rings. The highest BCUT2D eigenvalue weighted by Gasteiger charge is 2.28. The van der Waals surface area contributed by atoms with E-state index in [2.05, 4.69) is 14.9 Å². The summed E-state index contributed by atoms with van der Waals surface area (Å²) in [4.78, 5) is 25.9. The number of fused-ring (bicyclic) bond motifs is 1. The van der Waals surface area contributed by atoms with Gasteiger partial charge in [0.2, 0.25) is 5.91 Å². The van der Waals surface area contributed by atoms with E-state index >= 15 is 0 Å². The molecule has 0 bridgehead atoms. The van der Waals surface area contributed by atoms with Gasteiger partial charge in [-0.2, -0.15) is 0 Å². The normalized spacial score (nSPS) is 18.3. The number of hydrogen-bond donors (Lipinski definition) is 0. The molecule has 1 fully saturated rings. The second kappa shape index (κ2) is 5.62. The van der Waals surface area contributed by atoms with Gasteiger partial charge in [0.05, 0.1) is 12.2 Å². The molecule has 0 aliphatic carbocycles. The van der Waals surface area contributed by atoms with E-state index in [-0.39, 0.29) is 11.8 Å². The van der Waals surface area contributed by atoms with Crippen LogP contribution in [0.4, 0.5) is 5.82 Å². The van der Waals surface area contributed by atoms with Crippen molar-refractivity contribution in [1.82, 2.24) is 14.9 Å². The van der Waals surface area contributed by atoms with Crippen LogP contribution in [0.25, 0.3) is 0 Å². The highest BCUT2D eigenvalue weighted by Crippen LogP contribution is 2.29. The van der Waals surface area contributed by atoms with Gasteiger partial charge in [-0.15, -0.1) is 0 Å². The van der Waals surface area contributed by atoms with Crippen LogP contribution in [0.15, 0.2) is 0 Å². The molecular weight excluding hydrogens is 264 g/mol. The van der Waals surface area contributed by atoms with Crippen molar-refractivity contribution in [2.45, 2.75) is 46.6 Å². The van der Waals surface area contributed by atoms with Crippen LogP contribution in [0.2, 0.25) is 0 Å². The smallest absolute Gasteiger partial charge is 0.225 e. The number of aromatic nitrogens is 2. The van der Waals surface area contributed by atoms with Gasteiger partial charge in [-0.1, -0.05) is 13.8 Å². The summed E-state index contributed by atoms with van der Waals surface area (Å²) in [5.74, 6) is 2.19. The van der Waals surface area contributed by atoms with Crippen LogP contribution in [-0.2, 0) is 17.8 Å². The third-order valence-electron chi connectivity index (χ3n) is 4.36. The SMILES string of the molecule is Cc1nc2c(c(N3CCCC3)n1)CN(C(=O)C(C)C)CC2. The average Bonchev–Trinajstić information content (AvgIpc) is 2.99. The third-order valence-corrected chi connectivity index (χ3v) is 4.36. The molecule has 0 radical (unpaired) electrons. The van der Waals surface area contributed by atoms with Crippen LogP contribution in [0.1, 0.15) is 43.8 Å². The van der Waals surface area contributed by atoms with Crippen molar-refractivity contribution in [3.8, 4) is 0 Å². The molecule has 2 aliphatic rings. The summed E-state index contributed by atoms with van der Waals surface area (Å²) in [6, 6.07) is 0. The van der Waals surface area contributed by atoms with Crippen LogP contribution in [0.3, 0.4) is 0 Å². The summed E-state index contributed by atoms with van der Waals surface area (Å²) < 4.78 is 0. The molecule has 0 unspecified atom stereocenters. The summed E-state index contributed by atoms with van der Waals surface area (Å²) in [6.07, 6.45) is 3.30. The monoisotopic (exact) mass is 288 g/mol. The molecule has 21 heavy (non-hydrogen) atoms. The molecule has 1 saturated heterocycles. The lowest BCUT2D eigenvalue weighted by Crippen LogP contribution is -2.40. The number of carbonyl (C=O) groups is 1. The highest BCUT2D eigenvalue weighted by molar-refractivity contribution is 5.78. The summed E-state index contributed by atoms with van der Waals surface area (Å²) in [6.45, 7) is 9.47. The van der Waals surface area contributed by atoms with Gasteiger partial charge in [0.25, 0.3) is 0 Å². The zero-order valence-corrected chi connectivity index (χ0v) is 13.2. The molecule has 1 aromatic heterocycles. The van der Waals surface area contributed by atoms with Gasteiger partial charge in [0.15, 0.2) is 0 Å². The number of rotatable bonds is 2. The predicted octanol–water partition coefficient (Wildman–Crippen LogP) is 1.93. The van der Waals surface area contributed by atoms with Gasteiger partial charge >= 0.3 is 0 Å². The molecule has 0 aromatic carbocycles. The first-order chi connectivity index (χ1) is 10.1. The Morgan fingerprint density at radius 3 is 2.52 bits per heavy atom. The Bertz CT molecular complexity index is 549. The number of aryl methyl sites for hydroxylation is 1. The predicted molar refractivity (Wildman–Crippen MR) is 82.2 cm³/mol. The second-order valence-corrected chi connectivity index (χ2v) is 6.38. The van der Waals surface area contributed by atoms with E-state index in [4.69, 9.17) is 0 Å². The number of hydrogen-bond acceptors (Lipinski definition) is 4. The highest BCUT2D eigenvalue weighted by atomic mass is 16.2. The lowest BCUT2D eigenvalue weighted by atomic mass is 10.0. The maximum absolute atomic E-state index is 12.3. The topological polar surface area (TPSA) is 49.3 Å². The maximum Gasteiger partial charge on any atom is 0.225 e. The van der Waals surface area contributed by atoms with E-state index in [0.717, 1.165) is 43.4 Å². The Hall–Kier alpha value is -1.65. The summed E-state index contributed by atoms with van der Waals surface area (Å²) in [5, 5.41) is 0. The molecule has 0 spiro atoms. The summed E-state index contributed by atoms with van der Waals surface area (Å²) in [5.41, 5.74) is 2.31. The summed E-state index contributed by atoms with van der Waals surface area (Å²) >= 11 is 0. The van der Waals surface area contributed by atoms with Crippen molar-refractivity contribution in [3.05, 3.63) is 17.1 Å². The van der Waals surface area contributed by atoms with Crippen LogP contribution >= 0.6 is 0 Å². The Kier molecular flexibility index (Phi) is 3.83. The third kappa shape index (κ3) is 2.74. The number of carbonyl (C=O) groups excluding carboxylic acids is 1. The van der Waals surface area contributed by atoms with Crippen LogP contribution < -0.4 is 4.90 Å². The molecule has 0 atom stereocenters. The van der Waals surface area contributed by atoms with Gasteiger partial charge < -0.3 is 9.80 Å². The Labute approximate surface area is 126 Å². The molecule has 5 nitrogen and oxygen atoms in total. The van der Waals surface area contributed by atoms with E-state index < -0.39 is 0 Å². The lowest BCUT2D eigenvalue weighted by molar-refractivity contribution is -0.135. The van der Waals surface area contributed by atoms with Crippen LogP contribution in [0, 0.1) is 12.8 Å². The van der Waals surface area contributed by atoms with Gasteiger partial charge in [0, 0.05) is 37.5 Å². The Balaban J connectivity index is 1.93. The molecule has 3 rings (SSSR count). The number of amides is 1. The van der Waals surface area contributed by atoms with Crippen LogP contribution in [-0.4, -0.2) is 40.4 Å². The molecule has 0 saturated carbocycles. The number of nitrogens with zero attached hydrogens (tertiary/aromatic N) is 4. The zero-order chi connectivity index (χ0) is 15.0. The van der Waals surface area contributed by atoms with E-state index in [1.54, 1.807) is 0 Å². The molecule has 5 heteroatoms. The standard InChI is InChI=1S/C16H24N4O/c1-11(2)16(21)20-9-6-14-13(10-20)15(18-12(3)17-14)19-7-4-5-8-19/h11H,4-10H2,1-3H3. The van der Waals surface area contributed by atoms with Crippen molar-refractivity contribution < 1.29 is 4.79 Å². The maximum atomic E-state index is 12.3. The van der Waals surface area contributed by atoms with E-state index in [0.29, 0.717) is 6.54 Å². The van der Waals surface area contributed by atoms with E-state index in [1.165, 1.54) is 18.4 Å². The fourth-order valence-electron chi connectivity index (χ4n) is 3.26. The van der Waals surface area contributed by atoms with Crippen molar-refractivity contribution >= 4 is 11.7 Å². The molecule has 114 valence electrons. The molecule has 2 aliphatic heterocycles. The first-order valence-electron chi connectivity index (χ1n) is 7.96. The molecule has 0 N–H and O–H groups in total. The minimum absolute atomic E-state index is 0.0492. The Morgan fingerprint density at radius 1 is 1.14 bits per heavy atom. The first-order valence-corrected chi connectivity index (χ1v) is 7.96. The minimum Gasteiger partial charge on any atom is -0.356 e. The van der Waals surface area contributed by atoms with Crippen molar-refractivity contribution in [2.75, 3.05) is 24.5 Å². The van der Waals surface area contributed by atoms with E-state index in [1.807, 2.05) is 25.7 Å². The van der Waals surface area contributed by atoms with Gasteiger partial charge in [-0.3, -0.25) is 4.79 Å². The minimum atomic E-state index is 0.0492. The van der Waals surface area contributed by atoms with Gasteiger partial charge in [0.1, 0.15) is 11.6 Å². The summed E-state index contributed by atoms with van der Waals surface area (Å²) in [7, 11) is 0. The van der Waals surface area contributed by atoms with E-state index in [9.17, 15) is 4.79 Å². The fourth-order valence-corrected chi connectivity index (χ4v) is 3.26. The largest absolute Gasteiger partial charge is 0.356 e. The zero-order valence-electron chi connectivity index (χ0n) is 13.2. The van der Waals surface area contributed by atoms with Crippen molar-refractivity contribution in [1.29, 1.82) is 0 Å². The van der Waals surface area contributed by atoms with Gasteiger partial charge in [-0.25, -0.2) is 9.97 Å².